The van der Waals surface area contributed by atoms with Crippen molar-refractivity contribution in [1.29, 1.82) is 0 Å². The summed E-state index contributed by atoms with van der Waals surface area (Å²) in [5, 5.41) is 2.60. The molecule has 0 saturated carbocycles. The van der Waals surface area contributed by atoms with E-state index in [2.05, 4.69) is 10.1 Å². The largest absolute Gasteiger partial charge is 0.484 e. The van der Waals surface area contributed by atoms with Gasteiger partial charge in [0.25, 0.3) is 0 Å². The van der Waals surface area contributed by atoms with Crippen molar-refractivity contribution in [3.05, 3.63) is 24.3 Å². The molecule has 0 radical (unpaired) electrons. The van der Waals surface area contributed by atoms with Crippen molar-refractivity contribution < 1.29 is 22.7 Å². The number of alkyl halides is 3. The predicted octanol–water partition coefficient (Wildman–Crippen LogP) is 2.94. The number of rotatable bonds is 6. The molecule has 0 heterocycles. The lowest BCUT2D eigenvalue weighted by molar-refractivity contribution is -0.153. The SMILES string of the molecule is CC(C)CC(N)C(=O)Nc1ccc(OCC(F)(F)F)cc1. The standard InChI is InChI=1S/C14H19F3N2O2/c1-9(2)7-12(18)13(20)19-10-3-5-11(6-4-10)21-8-14(15,16)17/h3-6,9,12H,7-8,18H2,1-2H3,(H,19,20). The summed E-state index contributed by atoms with van der Waals surface area (Å²) in [6.45, 7) is 2.57. The molecule has 1 amide bonds. The van der Waals surface area contributed by atoms with Crippen LogP contribution < -0.4 is 15.8 Å². The molecule has 0 fully saturated rings. The van der Waals surface area contributed by atoms with Crippen molar-refractivity contribution in [2.45, 2.75) is 32.5 Å². The maximum absolute atomic E-state index is 12.0. The maximum Gasteiger partial charge on any atom is 0.422 e. The summed E-state index contributed by atoms with van der Waals surface area (Å²) in [5.41, 5.74) is 6.19. The Hall–Kier alpha value is -1.76. The van der Waals surface area contributed by atoms with Crippen LogP contribution in [0.25, 0.3) is 0 Å². The van der Waals surface area contributed by atoms with Crippen LogP contribution in [0, 0.1) is 5.92 Å². The van der Waals surface area contributed by atoms with Crippen molar-refractivity contribution in [1.82, 2.24) is 0 Å². The average molecular weight is 304 g/mol. The van der Waals surface area contributed by atoms with E-state index in [0.717, 1.165) is 0 Å². The van der Waals surface area contributed by atoms with Crippen LogP contribution in [0.3, 0.4) is 0 Å². The van der Waals surface area contributed by atoms with Gasteiger partial charge in [0.05, 0.1) is 6.04 Å². The predicted molar refractivity (Wildman–Crippen MR) is 74.1 cm³/mol. The third-order valence-corrected chi connectivity index (χ3v) is 2.59. The number of benzene rings is 1. The second kappa shape index (κ2) is 7.31. The second-order valence-corrected chi connectivity index (χ2v) is 5.15. The van der Waals surface area contributed by atoms with Gasteiger partial charge >= 0.3 is 6.18 Å². The van der Waals surface area contributed by atoms with Gasteiger partial charge in [-0.3, -0.25) is 4.79 Å². The summed E-state index contributed by atoms with van der Waals surface area (Å²) in [6, 6.07) is 5.02. The average Bonchev–Trinajstić information content (AvgIpc) is 2.36. The normalized spacial score (nSPS) is 13.1. The minimum absolute atomic E-state index is 0.0804. The van der Waals surface area contributed by atoms with Crippen molar-refractivity contribution in [3.8, 4) is 5.75 Å². The van der Waals surface area contributed by atoms with E-state index in [1.807, 2.05) is 13.8 Å². The Balaban J connectivity index is 2.52. The number of nitrogens with one attached hydrogen (secondary N) is 1. The Labute approximate surface area is 121 Å². The Morgan fingerprint density at radius 2 is 1.86 bits per heavy atom. The molecule has 1 aromatic rings. The van der Waals surface area contributed by atoms with Gasteiger partial charge in [-0.2, -0.15) is 13.2 Å². The number of halogens is 3. The van der Waals surface area contributed by atoms with E-state index >= 15 is 0 Å². The first kappa shape index (κ1) is 17.3. The lowest BCUT2D eigenvalue weighted by atomic mass is 10.0. The minimum atomic E-state index is -4.38. The van der Waals surface area contributed by atoms with Gasteiger partial charge in [-0.25, -0.2) is 0 Å². The molecule has 4 nitrogen and oxygen atoms in total. The third-order valence-electron chi connectivity index (χ3n) is 2.59. The molecular weight excluding hydrogens is 285 g/mol. The Morgan fingerprint density at radius 3 is 2.33 bits per heavy atom. The highest BCUT2D eigenvalue weighted by atomic mass is 19.4. The number of hydrogen-bond acceptors (Lipinski definition) is 3. The van der Waals surface area contributed by atoms with E-state index < -0.39 is 18.8 Å². The zero-order valence-corrected chi connectivity index (χ0v) is 11.9. The van der Waals surface area contributed by atoms with Crippen LogP contribution in [-0.4, -0.2) is 24.7 Å². The summed E-state index contributed by atoms with van der Waals surface area (Å²) in [6.07, 6.45) is -3.82. The fraction of sp³-hybridized carbons (Fsp3) is 0.500. The molecule has 0 aliphatic rings. The van der Waals surface area contributed by atoms with Gasteiger partial charge in [-0.15, -0.1) is 0 Å². The Morgan fingerprint density at radius 1 is 1.29 bits per heavy atom. The number of hydrogen-bond donors (Lipinski definition) is 2. The molecule has 1 unspecified atom stereocenters. The quantitative estimate of drug-likeness (QED) is 0.849. The second-order valence-electron chi connectivity index (χ2n) is 5.15. The molecule has 21 heavy (non-hydrogen) atoms. The molecule has 3 N–H and O–H groups in total. The first-order valence-corrected chi connectivity index (χ1v) is 6.53. The summed E-state index contributed by atoms with van der Waals surface area (Å²) >= 11 is 0. The van der Waals surface area contributed by atoms with Crippen molar-refractivity contribution in [3.63, 3.8) is 0 Å². The van der Waals surface area contributed by atoms with Crippen LogP contribution in [0.5, 0.6) is 5.75 Å². The van der Waals surface area contributed by atoms with Gasteiger partial charge in [0.2, 0.25) is 5.91 Å². The van der Waals surface area contributed by atoms with Gasteiger partial charge in [-0.05, 0) is 36.6 Å². The van der Waals surface area contributed by atoms with E-state index in [9.17, 15) is 18.0 Å². The van der Waals surface area contributed by atoms with E-state index in [1.165, 1.54) is 24.3 Å². The van der Waals surface area contributed by atoms with Gasteiger partial charge < -0.3 is 15.8 Å². The Kier molecular flexibility index (Phi) is 6.02. The molecule has 0 aliphatic carbocycles. The number of carbonyl (C=O) groups excluding carboxylic acids is 1. The van der Waals surface area contributed by atoms with E-state index in [-0.39, 0.29) is 11.7 Å². The monoisotopic (exact) mass is 304 g/mol. The molecule has 1 rings (SSSR count). The first-order valence-electron chi connectivity index (χ1n) is 6.53. The maximum atomic E-state index is 12.0. The van der Waals surface area contributed by atoms with Crippen LogP contribution >= 0.6 is 0 Å². The fourth-order valence-corrected chi connectivity index (χ4v) is 1.65. The lowest BCUT2D eigenvalue weighted by Gasteiger charge is -2.14. The summed E-state index contributed by atoms with van der Waals surface area (Å²) < 4.78 is 40.5. The van der Waals surface area contributed by atoms with Crippen LogP contribution in [0.1, 0.15) is 20.3 Å². The number of amides is 1. The van der Waals surface area contributed by atoms with E-state index in [1.54, 1.807) is 0 Å². The molecule has 0 bridgehead atoms. The number of ether oxygens (including phenoxy) is 1. The van der Waals surface area contributed by atoms with Crippen LogP contribution in [0.15, 0.2) is 24.3 Å². The number of carbonyl (C=O) groups is 1. The molecule has 0 aliphatic heterocycles. The number of nitrogens with two attached hydrogens (primary N) is 1. The molecule has 1 atom stereocenters. The highest BCUT2D eigenvalue weighted by molar-refractivity contribution is 5.94. The molecule has 1 aromatic carbocycles. The van der Waals surface area contributed by atoms with Crippen LogP contribution in [-0.2, 0) is 4.79 Å². The summed E-state index contributed by atoms with van der Waals surface area (Å²) in [4.78, 5) is 11.8. The van der Waals surface area contributed by atoms with Crippen molar-refractivity contribution in [2.75, 3.05) is 11.9 Å². The molecular formula is C14H19F3N2O2. The van der Waals surface area contributed by atoms with Gasteiger partial charge in [0.15, 0.2) is 6.61 Å². The number of anilines is 1. The minimum Gasteiger partial charge on any atom is -0.484 e. The summed E-state index contributed by atoms with van der Waals surface area (Å²) in [7, 11) is 0. The van der Waals surface area contributed by atoms with Gasteiger partial charge in [0.1, 0.15) is 5.75 Å². The summed E-state index contributed by atoms with van der Waals surface area (Å²) in [5.74, 6) is 0.0494. The molecule has 0 aromatic heterocycles. The highest BCUT2D eigenvalue weighted by Crippen LogP contribution is 2.20. The zero-order valence-electron chi connectivity index (χ0n) is 11.9. The van der Waals surface area contributed by atoms with Gasteiger partial charge in [-0.1, -0.05) is 13.8 Å². The highest BCUT2D eigenvalue weighted by Gasteiger charge is 2.28. The van der Waals surface area contributed by atoms with Crippen molar-refractivity contribution >= 4 is 11.6 Å². The smallest absolute Gasteiger partial charge is 0.422 e. The zero-order chi connectivity index (χ0) is 16.0. The third kappa shape index (κ3) is 6.99. The Bertz CT molecular complexity index is 458. The van der Waals surface area contributed by atoms with Crippen LogP contribution in [0.4, 0.5) is 18.9 Å². The van der Waals surface area contributed by atoms with E-state index in [4.69, 9.17) is 5.73 Å². The molecule has 0 saturated heterocycles. The van der Waals surface area contributed by atoms with Crippen LogP contribution in [0.2, 0.25) is 0 Å². The van der Waals surface area contributed by atoms with E-state index in [0.29, 0.717) is 18.0 Å². The molecule has 118 valence electrons. The van der Waals surface area contributed by atoms with Gasteiger partial charge in [0, 0.05) is 5.69 Å². The molecule has 7 heteroatoms. The lowest BCUT2D eigenvalue weighted by Crippen LogP contribution is -2.36. The molecule has 0 spiro atoms. The first-order chi connectivity index (χ1) is 9.67. The fourth-order valence-electron chi connectivity index (χ4n) is 1.65. The topological polar surface area (TPSA) is 64.4 Å². The van der Waals surface area contributed by atoms with Crippen molar-refractivity contribution in [2.24, 2.45) is 11.7 Å².